The van der Waals surface area contributed by atoms with E-state index in [1.54, 1.807) is 18.2 Å². The first kappa shape index (κ1) is 20.9. The highest BCUT2D eigenvalue weighted by Crippen LogP contribution is 2.39. The van der Waals surface area contributed by atoms with Gasteiger partial charge in [0.1, 0.15) is 5.69 Å². The van der Waals surface area contributed by atoms with Gasteiger partial charge >= 0.3 is 6.18 Å². The molecule has 1 aliphatic carbocycles. The molecule has 0 spiro atoms. The number of amides is 1. The summed E-state index contributed by atoms with van der Waals surface area (Å²) in [5.74, 6) is -1.72. The highest BCUT2D eigenvalue weighted by Gasteiger charge is 2.40. The van der Waals surface area contributed by atoms with E-state index < -0.39 is 11.9 Å². The van der Waals surface area contributed by atoms with Gasteiger partial charge in [0.05, 0.1) is 5.57 Å². The number of benzene rings is 1. The van der Waals surface area contributed by atoms with Gasteiger partial charge in [-0.2, -0.15) is 13.2 Å². The quantitative estimate of drug-likeness (QED) is 0.519. The van der Waals surface area contributed by atoms with E-state index in [0.29, 0.717) is 28.3 Å². The minimum atomic E-state index is -4.71. The lowest BCUT2D eigenvalue weighted by molar-refractivity contribution is -0.152. The number of anilines is 1. The number of rotatable bonds is 4. The Kier molecular flexibility index (Phi) is 5.65. The van der Waals surface area contributed by atoms with Crippen LogP contribution in [0.15, 0.2) is 76.0 Å². The lowest BCUT2D eigenvalue weighted by Crippen LogP contribution is -2.15. The van der Waals surface area contributed by atoms with Crippen LogP contribution in [0.4, 0.5) is 18.9 Å². The summed E-state index contributed by atoms with van der Waals surface area (Å²) >= 11 is 6.10. The molecule has 0 saturated heterocycles. The van der Waals surface area contributed by atoms with Crippen molar-refractivity contribution in [2.75, 3.05) is 5.32 Å². The normalized spacial score (nSPS) is 14.1. The first-order valence-electron chi connectivity index (χ1n) is 9.28. The van der Waals surface area contributed by atoms with Crippen LogP contribution in [-0.4, -0.2) is 15.9 Å². The van der Waals surface area contributed by atoms with E-state index in [-0.39, 0.29) is 23.1 Å². The maximum atomic E-state index is 13.5. The third-order valence-corrected chi connectivity index (χ3v) is 4.97. The number of halogens is 4. The van der Waals surface area contributed by atoms with Crippen LogP contribution in [0.3, 0.4) is 0 Å². The van der Waals surface area contributed by atoms with E-state index in [1.807, 2.05) is 6.08 Å². The minimum Gasteiger partial charge on any atom is -0.431 e. The fourth-order valence-electron chi connectivity index (χ4n) is 3.07. The van der Waals surface area contributed by atoms with Crippen LogP contribution in [0.25, 0.3) is 22.7 Å². The van der Waals surface area contributed by atoms with Crippen LogP contribution in [0.2, 0.25) is 0 Å². The second kappa shape index (κ2) is 8.39. The maximum absolute atomic E-state index is 13.5. The Hall–Kier alpha value is -3.39. The van der Waals surface area contributed by atoms with Crippen molar-refractivity contribution in [3.63, 3.8) is 0 Å². The molecule has 5 nitrogen and oxygen atoms in total. The molecule has 1 aromatic carbocycles. The van der Waals surface area contributed by atoms with E-state index >= 15 is 0 Å². The van der Waals surface area contributed by atoms with E-state index in [4.69, 9.17) is 16.0 Å². The number of hydrogen-bond acceptors (Lipinski definition) is 4. The molecule has 158 valence electrons. The molecule has 1 N–H and O–H groups in total. The van der Waals surface area contributed by atoms with Crippen molar-refractivity contribution in [1.29, 1.82) is 0 Å². The maximum Gasteiger partial charge on any atom is 0.451 e. The molecule has 0 atom stereocenters. The molecule has 2 heterocycles. The Bertz CT molecular complexity index is 1170. The van der Waals surface area contributed by atoms with E-state index in [1.165, 1.54) is 36.7 Å². The lowest BCUT2D eigenvalue weighted by Gasteiger charge is -2.11. The van der Waals surface area contributed by atoms with Gasteiger partial charge in [-0.1, -0.05) is 23.8 Å². The molecule has 9 heteroatoms. The number of hydrogen-bond donors (Lipinski definition) is 1. The fraction of sp³-hybridized carbons (Fsp3) is 0.136. The number of carbonyl (C=O) groups excluding carboxylic acids is 1. The smallest absolute Gasteiger partial charge is 0.431 e. The average molecular weight is 446 g/mol. The zero-order valence-corrected chi connectivity index (χ0v) is 16.7. The zero-order valence-electron chi connectivity index (χ0n) is 15.9. The van der Waals surface area contributed by atoms with Gasteiger partial charge in [-0.05, 0) is 49.2 Å². The Morgan fingerprint density at radius 2 is 1.77 bits per heavy atom. The topological polar surface area (TPSA) is 68.0 Å². The van der Waals surface area contributed by atoms with Gasteiger partial charge in [-0.15, -0.1) is 0 Å². The Morgan fingerprint density at radius 3 is 2.42 bits per heavy atom. The molecule has 0 aliphatic heterocycles. The van der Waals surface area contributed by atoms with Crippen molar-refractivity contribution in [2.24, 2.45) is 0 Å². The first-order valence-corrected chi connectivity index (χ1v) is 9.66. The van der Waals surface area contributed by atoms with Crippen molar-refractivity contribution in [2.45, 2.75) is 19.0 Å². The van der Waals surface area contributed by atoms with Gasteiger partial charge in [0, 0.05) is 34.2 Å². The highest BCUT2D eigenvalue weighted by atomic mass is 35.5. The van der Waals surface area contributed by atoms with Crippen molar-refractivity contribution < 1.29 is 22.4 Å². The highest BCUT2D eigenvalue weighted by molar-refractivity contribution is 6.33. The van der Waals surface area contributed by atoms with Gasteiger partial charge in [-0.25, -0.2) is 4.98 Å². The van der Waals surface area contributed by atoms with Crippen molar-refractivity contribution in [3.05, 3.63) is 77.3 Å². The molecule has 0 unspecified atom stereocenters. The Morgan fingerprint density at radius 1 is 1.06 bits per heavy atom. The third kappa shape index (κ3) is 4.54. The molecule has 0 bridgehead atoms. The number of carbonyl (C=O) groups is 1. The predicted molar refractivity (Wildman–Crippen MR) is 110 cm³/mol. The van der Waals surface area contributed by atoms with Gasteiger partial charge in [0.15, 0.2) is 0 Å². The standard InChI is InChI=1S/C22H15ClF3N3O2/c23-17-4-2-1-3-16(17)20(30)28-15-7-5-14(6-8-15)21-29-18(13-9-11-27-12-10-13)19(31-21)22(24,25)26/h1,3,5-12H,2,4H2,(H,28,30). The van der Waals surface area contributed by atoms with E-state index in [2.05, 4.69) is 15.3 Å². The second-order valence-corrected chi connectivity index (χ2v) is 7.18. The van der Waals surface area contributed by atoms with Gasteiger partial charge < -0.3 is 9.73 Å². The van der Waals surface area contributed by atoms with Crippen molar-refractivity contribution >= 4 is 23.2 Å². The van der Waals surface area contributed by atoms with E-state index in [9.17, 15) is 18.0 Å². The summed E-state index contributed by atoms with van der Waals surface area (Å²) in [6.45, 7) is 0. The Balaban J connectivity index is 1.60. The van der Waals surface area contributed by atoms with Crippen molar-refractivity contribution in [1.82, 2.24) is 9.97 Å². The summed E-state index contributed by atoms with van der Waals surface area (Å²) in [4.78, 5) is 20.2. The van der Waals surface area contributed by atoms with Crippen LogP contribution in [-0.2, 0) is 11.0 Å². The number of alkyl halides is 3. The summed E-state index contributed by atoms with van der Waals surface area (Å²) in [5.41, 5.74) is 1.11. The summed E-state index contributed by atoms with van der Waals surface area (Å²) in [6, 6.07) is 8.99. The molecule has 4 rings (SSSR count). The molecule has 31 heavy (non-hydrogen) atoms. The van der Waals surface area contributed by atoms with Gasteiger partial charge in [0.25, 0.3) is 5.91 Å². The molecule has 1 aliphatic rings. The zero-order chi connectivity index (χ0) is 22.0. The molecular weight excluding hydrogens is 431 g/mol. The van der Waals surface area contributed by atoms with Gasteiger partial charge in [-0.3, -0.25) is 9.78 Å². The van der Waals surface area contributed by atoms with Crippen LogP contribution >= 0.6 is 11.6 Å². The van der Waals surface area contributed by atoms with Crippen molar-refractivity contribution in [3.8, 4) is 22.7 Å². The summed E-state index contributed by atoms with van der Waals surface area (Å²) in [5, 5.41) is 3.20. The fourth-order valence-corrected chi connectivity index (χ4v) is 3.33. The number of nitrogens with one attached hydrogen (secondary N) is 1. The number of allylic oxidation sites excluding steroid dienone is 2. The van der Waals surface area contributed by atoms with Crippen LogP contribution in [0.5, 0.6) is 0 Å². The third-order valence-electron chi connectivity index (χ3n) is 4.58. The number of oxazole rings is 1. The largest absolute Gasteiger partial charge is 0.451 e. The van der Waals surface area contributed by atoms with Crippen LogP contribution in [0.1, 0.15) is 18.6 Å². The SMILES string of the molecule is O=C(Nc1ccc(-c2nc(-c3ccncc3)c(C(F)(F)F)o2)cc1)C1=C(Cl)CCC=C1. The molecule has 1 amide bonds. The van der Waals surface area contributed by atoms with Crippen LogP contribution in [0, 0.1) is 0 Å². The summed E-state index contributed by atoms with van der Waals surface area (Å²) in [7, 11) is 0. The monoisotopic (exact) mass is 445 g/mol. The van der Waals surface area contributed by atoms with Gasteiger partial charge in [0.2, 0.25) is 11.7 Å². The average Bonchev–Trinajstić information content (AvgIpc) is 3.21. The lowest BCUT2D eigenvalue weighted by atomic mass is 10.1. The van der Waals surface area contributed by atoms with Crippen LogP contribution < -0.4 is 5.32 Å². The minimum absolute atomic E-state index is 0.182. The number of pyridine rings is 1. The molecule has 0 fully saturated rings. The molecule has 2 aromatic heterocycles. The second-order valence-electron chi connectivity index (χ2n) is 6.72. The first-order chi connectivity index (χ1) is 14.8. The number of nitrogens with zero attached hydrogens (tertiary/aromatic N) is 2. The Labute approximate surface area is 180 Å². The molecule has 3 aromatic rings. The predicted octanol–water partition coefficient (Wildman–Crippen LogP) is 6.20. The van der Waals surface area contributed by atoms with E-state index in [0.717, 1.165) is 6.42 Å². The number of aromatic nitrogens is 2. The molecular formula is C22H15ClF3N3O2. The molecule has 0 saturated carbocycles. The molecule has 0 radical (unpaired) electrons. The summed E-state index contributed by atoms with van der Waals surface area (Å²) < 4.78 is 45.5. The summed E-state index contributed by atoms with van der Waals surface area (Å²) in [6.07, 6.45) is 2.97.